The summed E-state index contributed by atoms with van der Waals surface area (Å²) in [6.45, 7) is 7.09. The molecule has 2 nitrogen and oxygen atoms in total. The van der Waals surface area contributed by atoms with Crippen LogP contribution in [-0.4, -0.2) is 31.1 Å². The van der Waals surface area contributed by atoms with Crippen LogP contribution in [0, 0.1) is 0 Å². The zero-order chi connectivity index (χ0) is 14.3. The number of benzene rings is 1. The van der Waals surface area contributed by atoms with Crippen molar-refractivity contribution in [2.24, 2.45) is 0 Å². The summed E-state index contributed by atoms with van der Waals surface area (Å²) in [5.74, 6) is 0. The molecule has 0 aliphatic carbocycles. The summed E-state index contributed by atoms with van der Waals surface area (Å²) in [6.07, 6.45) is -1.29. The molecule has 4 heteroatoms. The van der Waals surface area contributed by atoms with Crippen LogP contribution in [0.2, 0.25) is 0 Å². The lowest BCUT2D eigenvalue weighted by Crippen LogP contribution is -2.29. The normalized spacial score (nSPS) is 11.8. The second-order valence-electron chi connectivity index (χ2n) is 5.15. The van der Waals surface area contributed by atoms with Gasteiger partial charge in [-0.05, 0) is 46.0 Å². The Bertz CT molecular complexity index is 350. The summed E-state index contributed by atoms with van der Waals surface area (Å²) in [5.41, 5.74) is 1.13. The maximum absolute atomic E-state index is 12.4. The van der Waals surface area contributed by atoms with Gasteiger partial charge in [-0.1, -0.05) is 24.3 Å². The maximum atomic E-state index is 12.4. The molecule has 0 unspecified atom stereocenters. The van der Waals surface area contributed by atoms with Crippen LogP contribution >= 0.6 is 0 Å². The first-order valence-corrected chi connectivity index (χ1v) is 6.78. The van der Waals surface area contributed by atoms with Gasteiger partial charge in [0.1, 0.15) is 0 Å². The van der Waals surface area contributed by atoms with Crippen molar-refractivity contribution in [2.45, 2.75) is 39.3 Å². The van der Waals surface area contributed by atoms with Crippen LogP contribution in [0.5, 0.6) is 0 Å². The molecule has 0 spiro atoms. The van der Waals surface area contributed by atoms with Gasteiger partial charge in [-0.25, -0.2) is 8.78 Å². The molecule has 0 bridgehead atoms. The fraction of sp³-hybridized carbons (Fsp3) is 0.600. The van der Waals surface area contributed by atoms with Crippen LogP contribution in [0.1, 0.15) is 37.8 Å². The second kappa shape index (κ2) is 8.23. The first-order valence-electron chi connectivity index (χ1n) is 6.78. The van der Waals surface area contributed by atoms with Gasteiger partial charge in [0.25, 0.3) is 6.43 Å². The van der Waals surface area contributed by atoms with Gasteiger partial charge in [-0.2, -0.15) is 0 Å². The summed E-state index contributed by atoms with van der Waals surface area (Å²) in [5, 5.41) is 3.33. The van der Waals surface area contributed by atoms with E-state index in [0.717, 1.165) is 31.6 Å². The molecular formula is C15H24F2N2. The largest absolute Gasteiger partial charge is 0.313 e. The van der Waals surface area contributed by atoms with E-state index in [2.05, 4.69) is 31.1 Å². The predicted octanol–water partition coefficient (Wildman–Crippen LogP) is 3.44. The van der Waals surface area contributed by atoms with Crippen LogP contribution in [0.25, 0.3) is 0 Å². The fourth-order valence-electron chi connectivity index (χ4n) is 1.73. The third-order valence-electron chi connectivity index (χ3n) is 3.31. The van der Waals surface area contributed by atoms with Gasteiger partial charge in [0.15, 0.2) is 0 Å². The van der Waals surface area contributed by atoms with Gasteiger partial charge in [-0.15, -0.1) is 0 Å². The van der Waals surface area contributed by atoms with Crippen LogP contribution in [0.4, 0.5) is 8.78 Å². The number of hydrogen-bond donors (Lipinski definition) is 1. The Labute approximate surface area is 114 Å². The average Bonchev–Trinajstić information content (AvgIpc) is 2.38. The highest BCUT2D eigenvalue weighted by atomic mass is 19.3. The third-order valence-corrected chi connectivity index (χ3v) is 3.31. The molecule has 1 rings (SSSR count). The summed E-state index contributed by atoms with van der Waals surface area (Å²) >= 11 is 0. The van der Waals surface area contributed by atoms with E-state index in [9.17, 15) is 8.78 Å². The smallest absolute Gasteiger partial charge is 0.263 e. The quantitative estimate of drug-likeness (QED) is 0.728. The molecule has 0 saturated carbocycles. The molecule has 0 aliphatic rings. The molecule has 0 radical (unpaired) electrons. The highest BCUT2D eigenvalue weighted by Gasteiger charge is 2.05. The van der Waals surface area contributed by atoms with E-state index in [1.54, 1.807) is 12.1 Å². The Balaban J connectivity index is 2.19. The lowest BCUT2D eigenvalue weighted by Gasteiger charge is -2.20. The lowest BCUT2D eigenvalue weighted by atomic mass is 10.1. The number of halogens is 2. The number of hydrogen-bond acceptors (Lipinski definition) is 2. The van der Waals surface area contributed by atoms with Crippen LogP contribution in [0.15, 0.2) is 24.3 Å². The van der Waals surface area contributed by atoms with Gasteiger partial charge >= 0.3 is 0 Å². The molecular weight excluding hydrogens is 246 g/mol. The van der Waals surface area contributed by atoms with E-state index in [0.29, 0.717) is 6.04 Å². The van der Waals surface area contributed by atoms with E-state index >= 15 is 0 Å². The SMILES string of the molecule is CC(C)N(C)CCCNCc1ccc(C(F)F)cc1. The average molecular weight is 270 g/mol. The van der Waals surface area contributed by atoms with Crippen molar-refractivity contribution in [3.05, 3.63) is 35.4 Å². The Morgan fingerprint density at radius 2 is 1.79 bits per heavy atom. The number of nitrogens with zero attached hydrogens (tertiary/aromatic N) is 1. The van der Waals surface area contributed by atoms with Crippen molar-refractivity contribution in [1.29, 1.82) is 0 Å². The van der Waals surface area contributed by atoms with E-state index in [-0.39, 0.29) is 5.56 Å². The molecule has 0 atom stereocenters. The van der Waals surface area contributed by atoms with E-state index in [4.69, 9.17) is 0 Å². The van der Waals surface area contributed by atoms with Gasteiger partial charge in [-0.3, -0.25) is 0 Å². The standard InChI is InChI=1S/C15H24F2N2/c1-12(2)19(3)10-4-9-18-11-13-5-7-14(8-6-13)15(16)17/h5-8,12,15,18H,4,9-11H2,1-3H3. The Kier molecular flexibility index (Phi) is 6.95. The highest BCUT2D eigenvalue weighted by Crippen LogP contribution is 2.18. The Morgan fingerprint density at radius 3 is 2.32 bits per heavy atom. The molecule has 0 aliphatic heterocycles. The molecule has 19 heavy (non-hydrogen) atoms. The topological polar surface area (TPSA) is 15.3 Å². The van der Waals surface area contributed by atoms with Crippen LogP contribution in [0.3, 0.4) is 0 Å². The fourth-order valence-corrected chi connectivity index (χ4v) is 1.73. The van der Waals surface area contributed by atoms with Crippen molar-refractivity contribution in [3.63, 3.8) is 0 Å². The number of rotatable bonds is 8. The van der Waals surface area contributed by atoms with Crippen molar-refractivity contribution >= 4 is 0 Å². The van der Waals surface area contributed by atoms with Crippen molar-refractivity contribution in [2.75, 3.05) is 20.1 Å². The first-order chi connectivity index (χ1) is 9.00. The van der Waals surface area contributed by atoms with Crippen molar-refractivity contribution in [1.82, 2.24) is 10.2 Å². The number of alkyl halides is 2. The van der Waals surface area contributed by atoms with Gasteiger partial charge in [0.2, 0.25) is 0 Å². The molecule has 0 aromatic heterocycles. The predicted molar refractivity (Wildman–Crippen MR) is 75.5 cm³/mol. The van der Waals surface area contributed by atoms with E-state index in [1.165, 1.54) is 12.1 Å². The lowest BCUT2D eigenvalue weighted by molar-refractivity contribution is 0.151. The van der Waals surface area contributed by atoms with Crippen LogP contribution in [-0.2, 0) is 6.54 Å². The molecule has 108 valence electrons. The zero-order valence-electron chi connectivity index (χ0n) is 12.0. The third kappa shape index (κ3) is 6.12. The first kappa shape index (κ1) is 16.1. The molecule has 1 N–H and O–H groups in total. The van der Waals surface area contributed by atoms with E-state index in [1.807, 2.05) is 0 Å². The molecule has 0 fully saturated rings. The van der Waals surface area contributed by atoms with Crippen molar-refractivity contribution < 1.29 is 8.78 Å². The zero-order valence-corrected chi connectivity index (χ0v) is 12.0. The minimum atomic E-state index is -2.38. The van der Waals surface area contributed by atoms with Crippen LogP contribution < -0.4 is 5.32 Å². The molecule has 0 saturated heterocycles. The summed E-state index contributed by atoms with van der Waals surface area (Å²) in [7, 11) is 2.12. The number of nitrogens with one attached hydrogen (secondary N) is 1. The molecule has 1 aromatic rings. The molecule has 0 heterocycles. The van der Waals surface area contributed by atoms with Gasteiger partial charge < -0.3 is 10.2 Å². The van der Waals surface area contributed by atoms with Gasteiger partial charge in [0.05, 0.1) is 0 Å². The second-order valence-corrected chi connectivity index (χ2v) is 5.15. The minimum absolute atomic E-state index is 0.0855. The van der Waals surface area contributed by atoms with Gasteiger partial charge in [0, 0.05) is 18.2 Å². The minimum Gasteiger partial charge on any atom is -0.313 e. The monoisotopic (exact) mass is 270 g/mol. The highest BCUT2D eigenvalue weighted by molar-refractivity contribution is 5.23. The molecule has 1 aromatic carbocycles. The maximum Gasteiger partial charge on any atom is 0.263 e. The Morgan fingerprint density at radius 1 is 1.16 bits per heavy atom. The Hall–Kier alpha value is -1.00. The van der Waals surface area contributed by atoms with E-state index < -0.39 is 6.43 Å². The van der Waals surface area contributed by atoms with Crippen molar-refractivity contribution in [3.8, 4) is 0 Å². The summed E-state index contributed by atoms with van der Waals surface area (Å²) in [6, 6.07) is 7.08. The summed E-state index contributed by atoms with van der Waals surface area (Å²) in [4.78, 5) is 2.30. The summed E-state index contributed by atoms with van der Waals surface area (Å²) < 4.78 is 24.7. The molecule has 0 amide bonds.